The number of benzene rings is 1. The Morgan fingerprint density at radius 2 is 2.00 bits per heavy atom. The minimum absolute atomic E-state index is 0.0310. The van der Waals surface area contributed by atoms with Gasteiger partial charge in [-0.1, -0.05) is 0 Å². The topological polar surface area (TPSA) is 20.3 Å². The molecule has 2 nitrogen and oxygen atoms in total. The standard InChI is InChI=1S/C12H11F2NO/c13-9-6-7-2-1-3-10(16)15-5-4-8(11(9)14)12(7)15/h6H,1-5H2. The van der Waals surface area contributed by atoms with Crippen molar-refractivity contribution in [3.63, 3.8) is 0 Å². The number of nitrogens with zero attached hydrogens (tertiary/aromatic N) is 1. The molecule has 0 aliphatic carbocycles. The van der Waals surface area contributed by atoms with E-state index in [2.05, 4.69) is 0 Å². The molecular formula is C12H11F2NO. The fourth-order valence-electron chi connectivity index (χ4n) is 2.63. The van der Waals surface area contributed by atoms with Crippen molar-refractivity contribution in [2.75, 3.05) is 11.4 Å². The third-order valence-corrected chi connectivity index (χ3v) is 3.36. The maximum Gasteiger partial charge on any atom is 0.227 e. The zero-order chi connectivity index (χ0) is 11.3. The van der Waals surface area contributed by atoms with Crippen LogP contribution in [0.3, 0.4) is 0 Å². The second-order valence-electron chi connectivity index (χ2n) is 4.31. The van der Waals surface area contributed by atoms with Crippen LogP contribution in [0.2, 0.25) is 0 Å². The summed E-state index contributed by atoms with van der Waals surface area (Å²) in [6.07, 6.45) is 2.27. The van der Waals surface area contributed by atoms with Crippen LogP contribution < -0.4 is 4.90 Å². The summed E-state index contributed by atoms with van der Waals surface area (Å²) in [7, 11) is 0. The van der Waals surface area contributed by atoms with Crippen LogP contribution in [0.1, 0.15) is 24.0 Å². The van der Waals surface area contributed by atoms with E-state index in [1.54, 1.807) is 4.90 Å². The van der Waals surface area contributed by atoms with Gasteiger partial charge in [0.25, 0.3) is 0 Å². The predicted octanol–water partition coefficient (Wildman–Crippen LogP) is 2.19. The maximum absolute atomic E-state index is 13.6. The SMILES string of the molecule is O=C1CCCc2cc(F)c(F)c3c2N1CC3. The number of anilines is 1. The van der Waals surface area contributed by atoms with E-state index in [1.165, 1.54) is 6.07 Å². The van der Waals surface area contributed by atoms with Gasteiger partial charge in [0.1, 0.15) is 0 Å². The van der Waals surface area contributed by atoms with Gasteiger partial charge < -0.3 is 4.90 Å². The third-order valence-electron chi connectivity index (χ3n) is 3.36. The first-order valence-electron chi connectivity index (χ1n) is 5.48. The van der Waals surface area contributed by atoms with Gasteiger partial charge in [-0.2, -0.15) is 0 Å². The van der Waals surface area contributed by atoms with Gasteiger partial charge in [0, 0.05) is 18.5 Å². The zero-order valence-electron chi connectivity index (χ0n) is 8.72. The Morgan fingerprint density at radius 1 is 1.19 bits per heavy atom. The Hall–Kier alpha value is -1.45. The number of hydrogen-bond acceptors (Lipinski definition) is 1. The minimum atomic E-state index is -0.787. The van der Waals surface area contributed by atoms with E-state index >= 15 is 0 Å². The van der Waals surface area contributed by atoms with Crippen LogP contribution in [0.25, 0.3) is 0 Å². The second-order valence-corrected chi connectivity index (χ2v) is 4.31. The van der Waals surface area contributed by atoms with Crippen LogP contribution in [0.4, 0.5) is 14.5 Å². The molecule has 1 aromatic carbocycles. The molecule has 2 heterocycles. The van der Waals surface area contributed by atoms with E-state index in [0.717, 1.165) is 5.56 Å². The number of rotatable bonds is 0. The van der Waals surface area contributed by atoms with Crippen molar-refractivity contribution in [1.82, 2.24) is 0 Å². The van der Waals surface area contributed by atoms with Gasteiger partial charge in [-0.15, -0.1) is 0 Å². The molecule has 4 heteroatoms. The molecular weight excluding hydrogens is 212 g/mol. The number of halogens is 2. The highest BCUT2D eigenvalue weighted by Gasteiger charge is 2.32. The molecule has 1 amide bonds. The van der Waals surface area contributed by atoms with Crippen LogP contribution in [-0.4, -0.2) is 12.5 Å². The minimum Gasteiger partial charge on any atom is -0.311 e. The molecule has 2 aliphatic rings. The Kier molecular flexibility index (Phi) is 1.99. The van der Waals surface area contributed by atoms with Crippen molar-refractivity contribution in [3.05, 3.63) is 28.8 Å². The van der Waals surface area contributed by atoms with Crippen molar-refractivity contribution in [2.45, 2.75) is 25.7 Å². The van der Waals surface area contributed by atoms with E-state index in [9.17, 15) is 13.6 Å². The van der Waals surface area contributed by atoms with Crippen molar-refractivity contribution in [3.8, 4) is 0 Å². The summed E-state index contributed by atoms with van der Waals surface area (Å²) in [5.41, 5.74) is 1.80. The van der Waals surface area contributed by atoms with E-state index in [-0.39, 0.29) is 5.91 Å². The Labute approximate surface area is 91.9 Å². The summed E-state index contributed by atoms with van der Waals surface area (Å²) in [5, 5.41) is 0. The van der Waals surface area contributed by atoms with Gasteiger partial charge in [-0.05, 0) is 30.9 Å². The first-order valence-corrected chi connectivity index (χ1v) is 5.48. The predicted molar refractivity (Wildman–Crippen MR) is 55.4 cm³/mol. The Bertz CT molecular complexity index is 484. The lowest BCUT2D eigenvalue weighted by atomic mass is 10.0. The average Bonchev–Trinajstić information content (AvgIpc) is 2.63. The zero-order valence-corrected chi connectivity index (χ0v) is 8.72. The molecule has 0 N–H and O–H groups in total. The van der Waals surface area contributed by atoms with Gasteiger partial charge in [-0.25, -0.2) is 8.78 Å². The molecule has 0 unspecified atom stereocenters. The van der Waals surface area contributed by atoms with E-state index in [0.29, 0.717) is 43.5 Å². The highest BCUT2D eigenvalue weighted by molar-refractivity contribution is 5.97. The quantitative estimate of drug-likeness (QED) is 0.660. The number of carbonyl (C=O) groups excluding carboxylic acids is 1. The Morgan fingerprint density at radius 3 is 2.81 bits per heavy atom. The molecule has 0 saturated heterocycles. The first-order chi connectivity index (χ1) is 7.68. The van der Waals surface area contributed by atoms with E-state index < -0.39 is 11.6 Å². The molecule has 0 aromatic heterocycles. The number of hydrogen-bond donors (Lipinski definition) is 0. The van der Waals surface area contributed by atoms with Crippen LogP contribution in [0.15, 0.2) is 6.07 Å². The smallest absolute Gasteiger partial charge is 0.227 e. The molecule has 84 valence electrons. The summed E-state index contributed by atoms with van der Waals surface area (Å²) in [4.78, 5) is 13.4. The lowest BCUT2D eigenvalue weighted by molar-refractivity contribution is -0.118. The summed E-state index contributed by atoms with van der Waals surface area (Å²) in [6.45, 7) is 0.488. The van der Waals surface area contributed by atoms with Gasteiger partial charge in [0.2, 0.25) is 5.91 Å². The molecule has 0 saturated carbocycles. The lowest BCUT2D eigenvalue weighted by Gasteiger charge is -2.17. The molecule has 0 atom stereocenters. The summed E-state index contributed by atoms with van der Waals surface area (Å²) < 4.78 is 26.9. The van der Waals surface area contributed by atoms with E-state index in [4.69, 9.17) is 0 Å². The van der Waals surface area contributed by atoms with Gasteiger partial charge in [0.05, 0.1) is 5.69 Å². The normalized spacial score (nSPS) is 18.6. The van der Waals surface area contributed by atoms with E-state index in [1.807, 2.05) is 0 Å². The first kappa shape index (κ1) is 9.75. The molecule has 0 spiro atoms. The van der Waals surface area contributed by atoms with Crippen LogP contribution in [0.5, 0.6) is 0 Å². The number of aryl methyl sites for hydroxylation is 1. The van der Waals surface area contributed by atoms with Crippen LogP contribution in [-0.2, 0) is 17.6 Å². The highest BCUT2D eigenvalue weighted by Crippen LogP contribution is 2.38. The fraction of sp³-hybridized carbons (Fsp3) is 0.417. The summed E-state index contributed by atoms with van der Waals surface area (Å²) in [6, 6.07) is 1.24. The molecule has 0 fully saturated rings. The van der Waals surface area contributed by atoms with Gasteiger partial charge in [-0.3, -0.25) is 4.79 Å². The summed E-state index contributed by atoms with van der Waals surface area (Å²) in [5.74, 6) is -1.54. The second kappa shape index (κ2) is 3.27. The fourth-order valence-corrected chi connectivity index (χ4v) is 2.63. The molecule has 2 aliphatic heterocycles. The molecule has 0 radical (unpaired) electrons. The van der Waals surface area contributed by atoms with Crippen LogP contribution in [0, 0.1) is 11.6 Å². The number of amides is 1. The summed E-state index contributed by atoms with van der Waals surface area (Å²) >= 11 is 0. The monoisotopic (exact) mass is 223 g/mol. The van der Waals surface area contributed by atoms with Crippen molar-refractivity contribution >= 4 is 11.6 Å². The van der Waals surface area contributed by atoms with Crippen molar-refractivity contribution < 1.29 is 13.6 Å². The van der Waals surface area contributed by atoms with Gasteiger partial charge in [0.15, 0.2) is 11.6 Å². The highest BCUT2D eigenvalue weighted by atomic mass is 19.2. The Balaban J connectivity index is 2.26. The third kappa shape index (κ3) is 1.19. The van der Waals surface area contributed by atoms with Crippen molar-refractivity contribution in [1.29, 1.82) is 0 Å². The maximum atomic E-state index is 13.6. The molecule has 1 aromatic rings. The van der Waals surface area contributed by atoms with Gasteiger partial charge >= 0.3 is 0 Å². The lowest BCUT2D eigenvalue weighted by Crippen LogP contribution is -2.27. The average molecular weight is 223 g/mol. The molecule has 3 rings (SSSR count). The largest absolute Gasteiger partial charge is 0.311 e. The van der Waals surface area contributed by atoms with Crippen molar-refractivity contribution in [2.24, 2.45) is 0 Å². The molecule has 0 bridgehead atoms. The molecule has 16 heavy (non-hydrogen) atoms. The number of carbonyl (C=O) groups is 1. The van der Waals surface area contributed by atoms with Crippen LogP contribution >= 0.6 is 0 Å².